The Morgan fingerprint density at radius 1 is 1.08 bits per heavy atom. The molecule has 5 nitrogen and oxygen atoms in total. The molecule has 0 radical (unpaired) electrons. The van der Waals surface area contributed by atoms with Crippen LogP contribution < -0.4 is 9.47 Å². The third-order valence-electron chi connectivity index (χ3n) is 5.90. The smallest absolute Gasteiger partial charge is 0.416 e. The highest BCUT2D eigenvalue weighted by atomic mass is 35.5. The molecule has 0 N–H and O–H groups in total. The van der Waals surface area contributed by atoms with E-state index in [1.807, 2.05) is 6.07 Å². The minimum absolute atomic E-state index is 0.216. The van der Waals surface area contributed by atoms with Crippen molar-refractivity contribution in [1.82, 2.24) is 4.98 Å². The number of carbonyl (C=O) groups excluding carboxylic acids is 1. The van der Waals surface area contributed by atoms with Crippen LogP contribution in [0, 0.1) is 0 Å². The minimum Gasteiger partial charge on any atom is -0.493 e. The van der Waals surface area contributed by atoms with Gasteiger partial charge in [0.25, 0.3) is 0 Å². The molecule has 1 aromatic heterocycles. The first-order valence-corrected chi connectivity index (χ1v) is 12.9. The lowest BCUT2D eigenvalue weighted by Gasteiger charge is -2.22. The number of ether oxygens (including phenoxy) is 3. The average molecular weight is 550 g/mol. The Bertz CT molecular complexity index is 1220. The number of aromatic nitrogens is 1. The van der Waals surface area contributed by atoms with E-state index in [2.05, 4.69) is 6.92 Å². The van der Waals surface area contributed by atoms with E-state index in [4.69, 9.17) is 30.8 Å². The summed E-state index contributed by atoms with van der Waals surface area (Å²) < 4.78 is 55.8. The number of hydrogen-bond acceptors (Lipinski definition) is 5. The van der Waals surface area contributed by atoms with E-state index in [1.165, 1.54) is 19.2 Å². The van der Waals surface area contributed by atoms with Crippen LogP contribution in [0.3, 0.4) is 0 Å². The molecule has 0 aliphatic rings. The fourth-order valence-corrected chi connectivity index (χ4v) is 4.21. The molecule has 0 saturated carbocycles. The van der Waals surface area contributed by atoms with Crippen LogP contribution in [-0.2, 0) is 22.1 Å². The predicted molar refractivity (Wildman–Crippen MR) is 141 cm³/mol. The van der Waals surface area contributed by atoms with Crippen LogP contribution in [0.2, 0.25) is 5.02 Å². The molecule has 3 aromatic rings. The van der Waals surface area contributed by atoms with Gasteiger partial charge >= 0.3 is 12.1 Å². The zero-order valence-corrected chi connectivity index (χ0v) is 22.4. The summed E-state index contributed by atoms with van der Waals surface area (Å²) in [5.41, 5.74) is 1.82. The van der Waals surface area contributed by atoms with Gasteiger partial charge in [-0.2, -0.15) is 13.2 Å². The van der Waals surface area contributed by atoms with E-state index in [0.29, 0.717) is 52.9 Å². The zero-order chi connectivity index (χ0) is 27.7. The first kappa shape index (κ1) is 29.3. The van der Waals surface area contributed by atoms with Crippen molar-refractivity contribution >= 4 is 17.6 Å². The SMILES string of the molecule is CCCC[C@H](Oc1c(Cl)cc(CCC(=O)OCC)cc1OC)c1cccc(-c2ccc(C(F)(F)F)cc2)n1. The number of unbranched alkanes of at least 4 members (excludes halogenated alkanes) is 1. The topological polar surface area (TPSA) is 57.7 Å². The van der Waals surface area contributed by atoms with Crippen molar-refractivity contribution in [3.63, 3.8) is 0 Å². The van der Waals surface area contributed by atoms with Gasteiger partial charge in [0.1, 0.15) is 6.10 Å². The first-order chi connectivity index (χ1) is 18.2. The van der Waals surface area contributed by atoms with E-state index in [-0.39, 0.29) is 12.4 Å². The fraction of sp³-hybridized carbons (Fsp3) is 0.379. The van der Waals surface area contributed by atoms with Crippen molar-refractivity contribution < 1.29 is 32.2 Å². The quantitative estimate of drug-likeness (QED) is 0.213. The van der Waals surface area contributed by atoms with Crippen LogP contribution in [0.5, 0.6) is 11.5 Å². The summed E-state index contributed by atoms with van der Waals surface area (Å²) in [5.74, 6) is 0.496. The number of rotatable bonds is 12. The van der Waals surface area contributed by atoms with Crippen molar-refractivity contribution in [2.24, 2.45) is 0 Å². The van der Waals surface area contributed by atoms with Gasteiger partial charge in [-0.05, 0) is 68.1 Å². The largest absolute Gasteiger partial charge is 0.493 e. The van der Waals surface area contributed by atoms with Crippen molar-refractivity contribution in [2.75, 3.05) is 13.7 Å². The van der Waals surface area contributed by atoms with Gasteiger partial charge in [-0.25, -0.2) is 4.98 Å². The van der Waals surface area contributed by atoms with Crippen LogP contribution in [0.25, 0.3) is 11.3 Å². The number of carbonyl (C=O) groups is 1. The molecule has 3 rings (SSSR count). The van der Waals surface area contributed by atoms with Gasteiger partial charge in [0.2, 0.25) is 0 Å². The van der Waals surface area contributed by atoms with Crippen LogP contribution in [0.15, 0.2) is 54.6 Å². The molecule has 38 heavy (non-hydrogen) atoms. The molecule has 0 amide bonds. The molecule has 0 unspecified atom stereocenters. The summed E-state index contributed by atoms with van der Waals surface area (Å²) >= 11 is 6.60. The molecular weight excluding hydrogens is 519 g/mol. The summed E-state index contributed by atoms with van der Waals surface area (Å²) in [6.45, 7) is 4.14. The molecule has 0 bridgehead atoms. The van der Waals surface area contributed by atoms with E-state index >= 15 is 0 Å². The normalized spacial score (nSPS) is 12.2. The molecular formula is C29H31ClF3NO4. The monoisotopic (exact) mass is 549 g/mol. The molecule has 1 heterocycles. The van der Waals surface area contributed by atoms with E-state index < -0.39 is 17.8 Å². The third-order valence-corrected chi connectivity index (χ3v) is 6.18. The van der Waals surface area contributed by atoms with Gasteiger partial charge < -0.3 is 14.2 Å². The number of halogens is 4. The second-order valence-electron chi connectivity index (χ2n) is 8.69. The molecule has 0 spiro atoms. The number of nitrogens with zero attached hydrogens (tertiary/aromatic N) is 1. The third kappa shape index (κ3) is 7.87. The first-order valence-electron chi connectivity index (χ1n) is 12.5. The van der Waals surface area contributed by atoms with Gasteiger partial charge in [0.05, 0.1) is 35.7 Å². The molecule has 0 aliphatic heterocycles. The summed E-state index contributed by atoms with van der Waals surface area (Å²) in [6, 6.07) is 13.8. The summed E-state index contributed by atoms with van der Waals surface area (Å²) in [6.07, 6.45) is -1.80. The second kappa shape index (κ2) is 13.5. The number of alkyl halides is 3. The van der Waals surface area contributed by atoms with E-state index in [9.17, 15) is 18.0 Å². The number of methoxy groups -OCH3 is 1. The molecule has 2 aromatic carbocycles. The lowest BCUT2D eigenvalue weighted by atomic mass is 10.0. The summed E-state index contributed by atoms with van der Waals surface area (Å²) in [7, 11) is 1.51. The molecule has 0 aliphatic carbocycles. The number of aryl methyl sites for hydroxylation is 1. The standard InChI is InChI=1S/C29H31ClF3NO4/c1-4-6-10-25(24-9-7-8-23(34-24)20-12-14-21(15-13-20)29(31,32)33)38-28-22(30)17-19(18-26(28)36-3)11-16-27(35)37-5-2/h7-9,12-15,17-18,25H,4-6,10-11,16H2,1-3H3/t25-/m0/s1. The Balaban J connectivity index is 1.88. The molecule has 9 heteroatoms. The van der Waals surface area contributed by atoms with Crippen molar-refractivity contribution in [1.29, 1.82) is 0 Å². The maximum Gasteiger partial charge on any atom is 0.416 e. The highest BCUT2D eigenvalue weighted by Crippen LogP contribution is 2.40. The fourth-order valence-electron chi connectivity index (χ4n) is 3.93. The number of benzene rings is 2. The molecule has 1 atom stereocenters. The van der Waals surface area contributed by atoms with Crippen molar-refractivity contribution in [3.05, 3.63) is 76.4 Å². The summed E-state index contributed by atoms with van der Waals surface area (Å²) in [4.78, 5) is 16.5. The Labute approximate surface area is 225 Å². The van der Waals surface area contributed by atoms with Crippen LogP contribution in [0.4, 0.5) is 13.2 Å². The Morgan fingerprint density at radius 3 is 2.45 bits per heavy atom. The van der Waals surface area contributed by atoms with Gasteiger partial charge in [0, 0.05) is 12.0 Å². The molecule has 0 saturated heterocycles. The van der Waals surface area contributed by atoms with Gasteiger partial charge in [-0.1, -0.05) is 43.1 Å². The van der Waals surface area contributed by atoms with Crippen LogP contribution >= 0.6 is 11.6 Å². The number of hydrogen-bond donors (Lipinski definition) is 0. The zero-order valence-electron chi connectivity index (χ0n) is 21.6. The van der Waals surface area contributed by atoms with Crippen LogP contribution in [-0.4, -0.2) is 24.7 Å². The Morgan fingerprint density at radius 2 is 1.82 bits per heavy atom. The molecule has 204 valence electrons. The highest BCUT2D eigenvalue weighted by molar-refractivity contribution is 6.32. The maximum atomic E-state index is 13.0. The number of pyridine rings is 1. The van der Waals surface area contributed by atoms with Crippen molar-refractivity contribution in [2.45, 2.75) is 58.2 Å². The van der Waals surface area contributed by atoms with Crippen LogP contribution in [0.1, 0.15) is 62.5 Å². The Hall–Kier alpha value is -3.26. The maximum absolute atomic E-state index is 13.0. The highest BCUT2D eigenvalue weighted by Gasteiger charge is 2.30. The van der Waals surface area contributed by atoms with Gasteiger partial charge in [-0.15, -0.1) is 0 Å². The average Bonchev–Trinajstić information content (AvgIpc) is 2.90. The number of esters is 1. The minimum atomic E-state index is -4.40. The van der Waals surface area contributed by atoms with E-state index in [0.717, 1.165) is 30.5 Å². The molecule has 0 fully saturated rings. The second-order valence-corrected chi connectivity index (χ2v) is 9.09. The van der Waals surface area contributed by atoms with Gasteiger partial charge in [-0.3, -0.25) is 4.79 Å². The van der Waals surface area contributed by atoms with Gasteiger partial charge in [0.15, 0.2) is 11.5 Å². The van der Waals surface area contributed by atoms with Crippen molar-refractivity contribution in [3.8, 4) is 22.8 Å². The lowest BCUT2D eigenvalue weighted by molar-refractivity contribution is -0.143. The Kier molecular flexibility index (Phi) is 10.4. The predicted octanol–water partition coefficient (Wildman–Crippen LogP) is 8.24. The lowest BCUT2D eigenvalue weighted by Crippen LogP contribution is -2.11. The summed E-state index contributed by atoms with van der Waals surface area (Å²) in [5, 5.41) is 0.337. The van der Waals surface area contributed by atoms with E-state index in [1.54, 1.807) is 31.2 Å².